The molecule has 2 rings (SSSR count). The monoisotopic (exact) mass is 204 g/mol. The second-order valence-corrected chi connectivity index (χ2v) is 4.01. The van der Waals surface area contributed by atoms with Gasteiger partial charge in [0.15, 0.2) is 0 Å². The highest BCUT2D eigenvalue weighted by Gasteiger charge is 2.43. The molecular weight excluding hydrogens is 188 g/mol. The molecule has 0 aromatic heterocycles. The molecule has 0 spiro atoms. The zero-order valence-electron chi connectivity index (χ0n) is 9.19. The summed E-state index contributed by atoms with van der Waals surface area (Å²) in [6.45, 7) is 1.93. The number of hydrogen-bond donors (Lipinski definition) is 0. The summed E-state index contributed by atoms with van der Waals surface area (Å²) in [5.41, 5.74) is 1.19. The molecule has 1 aromatic rings. The van der Waals surface area contributed by atoms with Crippen LogP contribution >= 0.6 is 0 Å². The molecule has 0 N–H and O–H groups in total. The van der Waals surface area contributed by atoms with E-state index in [9.17, 15) is 4.79 Å². The van der Waals surface area contributed by atoms with Crippen LogP contribution in [-0.2, 0) is 4.79 Å². The summed E-state index contributed by atoms with van der Waals surface area (Å²) in [6, 6.07) is 7.98. The SMILES string of the molecule is CCC(=O)C1CC1c1ccccc1OC. The van der Waals surface area contributed by atoms with Crippen LogP contribution in [0.4, 0.5) is 0 Å². The van der Waals surface area contributed by atoms with Crippen molar-refractivity contribution in [1.29, 1.82) is 0 Å². The zero-order chi connectivity index (χ0) is 10.8. The summed E-state index contributed by atoms with van der Waals surface area (Å²) < 4.78 is 5.30. The van der Waals surface area contributed by atoms with E-state index < -0.39 is 0 Å². The average molecular weight is 204 g/mol. The van der Waals surface area contributed by atoms with Crippen LogP contribution in [-0.4, -0.2) is 12.9 Å². The molecule has 1 saturated carbocycles. The van der Waals surface area contributed by atoms with E-state index in [-0.39, 0.29) is 5.92 Å². The van der Waals surface area contributed by atoms with Gasteiger partial charge < -0.3 is 4.74 Å². The van der Waals surface area contributed by atoms with E-state index in [0.717, 1.165) is 12.2 Å². The van der Waals surface area contributed by atoms with Crippen molar-refractivity contribution in [3.63, 3.8) is 0 Å². The molecule has 1 fully saturated rings. The van der Waals surface area contributed by atoms with Crippen LogP contribution in [0.15, 0.2) is 24.3 Å². The van der Waals surface area contributed by atoms with Gasteiger partial charge in [0, 0.05) is 12.3 Å². The minimum atomic E-state index is 0.242. The fourth-order valence-electron chi connectivity index (χ4n) is 2.13. The van der Waals surface area contributed by atoms with Gasteiger partial charge in [-0.3, -0.25) is 4.79 Å². The van der Waals surface area contributed by atoms with Gasteiger partial charge in [0.1, 0.15) is 11.5 Å². The number of ketones is 1. The number of methoxy groups -OCH3 is 1. The number of Topliss-reactive ketones (excluding diaryl/α,β-unsaturated/α-hetero) is 1. The summed E-state index contributed by atoms with van der Waals surface area (Å²) in [4.78, 5) is 11.5. The maximum Gasteiger partial charge on any atom is 0.136 e. The molecule has 2 heteroatoms. The number of carbonyl (C=O) groups excluding carboxylic acids is 1. The number of carbonyl (C=O) groups is 1. The molecule has 0 aliphatic heterocycles. The first-order valence-corrected chi connectivity index (χ1v) is 5.43. The molecule has 1 aliphatic rings. The summed E-state index contributed by atoms with van der Waals surface area (Å²) >= 11 is 0. The van der Waals surface area contributed by atoms with E-state index in [1.54, 1.807) is 7.11 Å². The lowest BCUT2D eigenvalue weighted by atomic mass is 10.1. The lowest BCUT2D eigenvalue weighted by Crippen LogP contribution is -2.00. The topological polar surface area (TPSA) is 26.3 Å². The molecule has 0 bridgehead atoms. The van der Waals surface area contributed by atoms with E-state index in [1.807, 2.05) is 25.1 Å². The second-order valence-electron chi connectivity index (χ2n) is 4.01. The van der Waals surface area contributed by atoms with Crippen molar-refractivity contribution in [1.82, 2.24) is 0 Å². The molecule has 15 heavy (non-hydrogen) atoms. The highest BCUT2D eigenvalue weighted by Crippen LogP contribution is 2.51. The Morgan fingerprint density at radius 3 is 2.87 bits per heavy atom. The predicted octanol–water partition coefficient (Wildman–Crippen LogP) is 2.78. The lowest BCUT2D eigenvalue weighted by Gasteiger charge is -2.06. The molecule has 0 saturated heterocycles. The lowest BCUT2D eigenvalue weighted by molar-refractivity contribution is -0.120. The molecule has 0 radical (unpaired) electrons. The maximum atomic E-state index is 11.5. The quantitative estimate of drug-likeness (QED) is 0.753. The van der Waals surface area contributed by atoms with E-state index >= 15 is 0 Å². The van der Waals surface area contributed by atoms with Gasteiger partial charge in [0.25, 0.3) is 0 Å². The van der Waals surface area contributed by atoms with Crippen LogP contribution in [0.25, 0.3) is 0 Å². The van der Waals surface area contributed by atoms with E-state index in [2.05, 4.69) is 6.07 Å². The Labute approximate surface area is 90.3 Å². The Morgan fingerprint density at radius 1 is 1.47 bits per heavy atom. The van der Waals surface area contributed by atoms with Crippen molar-refractivity contribution in [3.05, 3.63) is 29.8 Å². The summed E-state index contributed by atoms with van der Waals surface area (Å²) in [7, 11) is 1.68. The largest absolute Gasteiger partial charge is 0.496 e. The summed E-state index contributed by atoms with van der Waals surface area (Å²) in [5.74, 6) is 1.93. The highest BCUT2D eigenvalue weighted by atomic mass is 16.5. The van der Waals surface area contributed by atoms with Crippen LogP contribution in [0, 0.1) is 5.92 Å². The molecule has 2 nitrogen and oxygen atoms in total. The molecule has 0 heterocycles. The average Bonchev–Trinajstić information content (AvgIpc) is 3.08. The van der Waals surface area contributed by atoms with Crippen molar-refractivity contribution in [2.75, 3.05) is 7.11 Å². The van der Waals surface area contributed by atoms with Crippen LogP contribution in [0.5, 0.6) is 5.75 Å². The molecule has 1 aromatic carbocycles. The Hall–Kier alpha value is -1.31. The summed E-state index contributed by atoms with van der Waals surface area (Å²) in [6.07, 6.45) is 1.64. The van der Waals surface area contributed by atoms with Gasteiger partial charge in [-0.05, 0) is 24.0 Å². The predicted molar refractivity (Wildman–Crippen MR) is 59.1 cm³/mol. The smallest absolute Gasteiger partial charge is 0.136 e. The van der Waals surface area contributed by atoms with Gasteiger partial charge >= 0.3 is 0 Å². The van der Waals surface area contributed by atoms with Crippen molar-refractivity contribution in [2.24, 2.45) is 5.92 Å². The van der Waals surface area contributed by atoms with Crippen LogP contribution < -0.4 is 4.74 Å². The van der Waals surface area contributed by atoms with Gasteiger partial charge in [-0.1, -0.05) is 25.1 Å². The van der Waals surface area contributed by atoms with Crippen molar-refractivity contribution in [2.45, 2.75) is 25.7 Å². The third-order valence-electron chi connectivity index (χ3n) is 3.09. The number of benzene rings is 1. The molecule has 2 unspecified atom stereocenters. The second kappa shape index (κ2) is 4.05. The van der Waals surface area contributed by atoms with Gasteiger partial charge in [0.2, 0.25) is 0 Å². The van der Waals surface area contributed by atoms with Crippen LogP contribution in [0.3, 0.4) is 0 Å². The van der Waals surface area contributed by atoms with Gasteiger partial charge in [-0.25, -0.2) is 0 Å². The molecular formula is C13H16O2. The Morgan fingerprint density at radius 2 is 2.20 bits per heavy atom. The fraction of sp³-hybridized carbons (Fsp3) is 0.462. The fourth-order valence-corrected chi connectivity index (χ4v) is 2.13. The van der Waals surface area contributed by atoms with Crippen molar-refractivity contribution in [3.8, 4) is 5.75 Å². The normalized spacial score (nSPS) is 23.6. The van der Waals surface area contributed by atoms with E-state index in [4.69, 9.17) is 4.74 Å². The number of para-hydroxylation sites is 1. The van der Waals surface area contributed by atoms with Gasteiger partial charge in [-0.2, -0.15) is 0 Å². The van der Waals surface area contributed by atoms with Gasteiger partial charge in [0.05, 0.1) is 7.11 Å². The van der Waals surface area contributed by atoms with E-state index in [0.29, 0.717) is 18.1 Å². The molecule has 1 aliphatic carbocycles. The summed E-state index contributed by atoms with van der Waals surface area (Å²) in [5, 5.41) is 0. The van der Waals surface area contributed by atoms with Crippen LogP contribution in [0.2, 0.25) is 0 Å². The molecule has 2 atom stereocenters. The number of ether oxygens (including phenoxy) is 1. The molecule has 80 valence electrons. The third kappa shape index (κ3) is 1.89. The first-order valence-electron chi connectivity index (χ1n) is 5.43. The van der Waals surface area contributed by atoms with Gasteiger partial charge in [-0.15, -0.1) is 0 Å². The third-order valence-corrected chi connectivity index (χ3v) is 3.09. The first-order chi connectivity index (χ1) is 7.27. The zero-order valence-corrected chi connectivity index (χ0v) is 9.19. The Bertz CT molecular complexity index is 371. The number of hydrogen-bond acceptors (Lipinski definition) is 2. The highest BCUT2D eigenvalue weighted by molar-refractivity contribution is 5.84. The number of rotatable bonds is 4. The van der Waals surface area contributed by atoms with E-state index in [1.165, 1.54) is 5.56 Å². The Kier molecular flexibility index (Phi) is 2.76. The minimum Gasteiger partial charge on any atom is -0.496 e. The molecule has 0 amide bonds. The maximum absolute atomic E-state index is 11.5. The standard InChI is InChI=1S/C13H16O2/c1-3-12(14)11-8-10(11)9-6-4-5-7-13(9)15-2/h4-7,10-11H,3,8H2,1-2H3. The minimum absolute atomic E-state index is 0.242. The van der Waals surface area contributed by atoms with Crippen molar-refractivity contribution >= 4 is 5.78 Å². The Balaban J connectivity index is 2.16. The first kappa shape index (κ1) is 10.2. The van der Waals surface area contributed by atoms with Crippen molar-refractivity contribution < 1.29 is 9.53 Å². The van der Waals surface area contributed by atoms with Crippen LogP contribution in [0.1, 0.15) is 31.2 Å².